The van der Waals surface area contributed by atoms with E-state index in [1.165, 1.54) is 12.8 Å². The third kappa shape index (κ3) is 2.56. The van der Waals surface area contributed by atoms with Crippen molar-refractivity contribution in [3.63, 3.8) is 0 Å². The highest BCUT2D eigenvalue weighted by Gasteiger charge is 2.63. The lowest BCUT2D eigenvalue weighted by molar-refractivity contribution is 0.00615. The first-order chi connectivity index (χ1) is 8.50. The van der Waals surface area contributed by atoms with Crippen molar-refractivity contribution in [3.05, 3.63) is 0 Å². The van der Waals surface area contributed by atoms with E-state index in [4.69, 9.17) is 4.74 Å². The summed E-state index contributed by atoms with van der Waals surface area (Å²) in [6, 6.07) is 0. The van der Waals surface area contributed by atoms with Gasteiger partial charge in [-0.1, -0.05) is 41.5 Å². The van der Waals surface area contributed by atoms with Crippen LogP contribution in [0.5, 0.6) is 0 Å². The third-order valence-electron chi connectivity index (χ3n) is 6.24. The van der Waals surface area contributed by atoms with Crippen LogP contribution in [0, 0.1) is 16.7 Å². The molecule has 1 unspecified atom stereocenters. The molecule has 0 amide bonds. The number of hydrogen-bond donors (Lipinski definition) is 0. The fourth-order valence-corrected chi connectivity index (χ4v) is 4.62. The van der Waals surface area contributed by atoms with E-state index in [9.17, 15) is 4.79 Å². The van der Waals surface area contributed by atoms with Gasteiger partial charge in [-0.2, -0.15) is 0 Å². The number of ether oxygens (including phenoxy) is 1. The van der Waals surface area contributed by atoms with Crippen molar-refractivity contribution in [3.8, 4) is 0 Å². The second-order valence-electron chi connectivity index (χ2n) is 8.21. The Morgan fingerprint density at radius 2 is 1.80 bits per heavy atom. The van der Waals surface area contributed by atoms with Gasteiger partial charge in [-0.3, -0.25) is 0 Å². The molecule has 2 saturated carbocycles. The molecule has 4 atom stereocenters. The molecule has 0 heterocycles. The lowest BCUT2D eigenvalue weighted by atomic mass is 9.70. The van der Waals surface area contributed by atoms with Crippen LogP contribution in [0.4, 0.5) is 4.79 Å². The number of hydrogen-bond acceptors (Lipinski definition) is 2. The predicted molar refractivity (Wildman–Crippen MR) is 87.8 cm³/mol. The fraction of sp³-hybridized carbons (Fsp3) is 0.938. The monoisotopic (exact) mass is 295 g/mol. The minimum Gasteiger partial charge on any atom is -0.459 e. The fourth-order valence-electron chi connectivity index (χ4n) is 3.78. The number of fused-ring (bicyclic) bond motifs is 2. The SMILES string of the molecule is CP(C(=O)O[C@H]1C[C@H]2CC[C@]1(C)C2(C)C)C(C)(C)C.[B]. The van der Waals surface area contributed by atoms with Crippen molar-refractivity contribution < 1.29 is 9.53 Å². The van der Waals surface area contributed by atoms with Crippen molar-refractivity contribution in [2.45, 2.75) is 72.1 Å². The zero-order valence-electron chi connectivity index (χ0n) is 14.1. The average Bonchev–Trinajstić information content (AvgIpc) is 2.59. The Morgan fingerprint density at radius 1 is 1.25 bits per heavy atom. The maximum Gasteiger partial charge on any atom is 0.326 e. The zero-order chi connectivity index (χ0) is 14.6. The summed E-state index contributed by atoms with van der Waals surface area (Å²) in [7, 11) is -0.723. The van der Waals surface area contributed by atoms with Crippen LogP contribution in [-0.4, -0.2) is 32.0 Å². The van der Waals surface area contributed by atoms with E-state index in [1.54, 1.807) is 0 Å². The highest BCUT2D eigenvalue weighted by Crippen LogP contribution is 2.66. The summed E-state index contributed by atoms with van der Waals surface area (Å²) in [6.45, 7) is 15.5. The molecule has 0 aromatic rings. The smallest absolute Gasteiger partial charge is 0.326 e. The average molecular weight is 295 g/mol. The maximum absolute atomic E-state index is 12.4. The van der Waals surface area contributed by atoms with Gasteiger partial charge in [-0.15, -0.1) is 0 Å². The molecule has 2 fully saturated rings. The molecule has 0 spiro atoms. The normalized spacial score (nSPS) is 36.4. The Balaban J connectivity index is 0.00000200. The summed E-state index contributed by atoms with van der Waals surface area (Å²) in [4.78, 5) is 12.4. The summed E-state index contributed by atoms with van der Waals surface area (Å²) in [5, 5.41) is 0.0421. The van der Waals surface area contributed by atoms with E-state index in [1.807, 2.05) is 0 Å². The second kappa shape index (κ2) is 5.31. The predicted octanol–water partition coefficient (Wildman–Crippen LogP) is 4.87. The highest BCUT2D eigenvalue weighted by atomic mass is 31.1. The van der Waals surface area contributed by atoms with E-state index < -0.39 is 7.92 Å². The molecule has 3 radical (unpaired) electrons. The Kier molecular flexibility index (Phi) is 4.78. The molecule has 0 aromatic heterocycles. The molecule has 0 saturated heterocycles. The van der Waals surface area contributed by atoms with Crippen molar-refractivity contribution in [2.24, 2.45) is 16.7 Å². The van der Waals surface area contributed by atoms with Crippen LogP contribution >= 0.6 is 7.92 Å². The lowest BCUT2D eigenvalue weighted by Crippen LogP contribution is -2.38. The van der Waals surface area contributed by atoms with Crippen molar-refractivity contribution in [1.29, 1.82) is 0 Å². The number of rotatable bonds is 2. The van der Waals surface area contributed by atoms with Crippen molar-refractivity contribution in [2.75, 3.05) is 6.66 Å². The topological polar surface area (TPSA) is 26.3 Å². The number of carbonyl (C=O) groups is 1. The molecule has 2 aliphatic carbocycles. The quantitative estimate of drug-likeness (QED) is 0.537. The molecule has 2 aliphatic rings. The van der Waals surface area contributed by atoms with E-state index in [0.717, 1.165) is 12.3 Å². The van der Waals surface area contributed by atoms with Gasteiger partial charge in [0.05, 0.1) is 0 Å². The lowest BCUT2D eigenvalue weighted by Gasteiger charge is -2.39. The first-order valence-corrected chi connectivity index (χ1v) is 9.23. The first-order valence-electron chi connectivity index (χ1n) is 7.44. The van der Waals surface area contributed by atoms with Crippen LogP contribution < -0.4 is 0 Å². The van der Waals surface area contributed by atoms with Gasteiger partial charge in [0.1, 0.15) is 6.10 Å². The van der Waals surface area contributed by atoms with E-state index in [0.29, 0.717) is 5.41 Å². The van der Waals surface area contributed by atoms with E-state index in [2.05, 4.69) is 48.2 Å². The summed E-state index contributed by atoms with van der Waals surface area (Å²) >= 11 is 0. The van der Waals surface area contributed by atoms with Crippen LogP contribution in [-0.2, 0) is 4.74 Å². The molecular weight excluding hydrogens is 266 g/mol. The Bertz CT molecular complexity index is 388. The molecule has 20 heavy (non-hydrogen) atoms. The standard InChI is InChI=1S/C16H29O2P.B/c1-14(2,3)19(7)13(17)18-12-10-11-8-9-16(12,6)15(11,4)5;/h11-12H,8-10H2,1-7H3;/t11-,12+,16+,19?;/m1./s1. The molecule has 2 bridgehead atoms. The summed E-state index contributed by atoms with van der Waals surface area (Å²) in [5.41, 5.74) is 0.550. The van der Waals surface area contributed by atoms with E-state index >= 15 is 0 Å². The molecule has 2 rings (SSSR count). The van der Waals surface area contributed by atoms with Crippen molar-refractivity contribution >= 4 is 22.0 Å². The van der Waals surface area contributed by atoms with Gasteiger partial charge < -0.3 is 4.74 Å². The summed E-state index contributed by atoms with van der Waals surface area (Å²) in [5.74, 6) is 0.730. The molecule has 4 heteroatoms. The highest BCUT2D eigenvalue weighted by molar-refractivity contribution is 7.74. The van der Waals surface area contributed by atoms with Gasteiger partial charge in [0.2, 0.25) is 0 Å². The Labute approximate surface area is 127 Å². The zero-order valence-corrected chi connectivity index (χ0v) is 15.0. The summed E-state index contributed by atoms with van der Waals surface area (Å²) in [6.07, 6.45) is 3.72. The molecule has 113 valence electrons. The maximum atomic E-state index is 12.4. The Morgan fingerprint density at radius 3 is 2.15 bits per heavy atom. The van der Waals surface area contributed by atoms with Gasteiger partial charge in [0.15, 0.2) is 0 Å². The molecule has 2 nitrogen and oxygen atoms in total. The van der Waals surface area contributed by atoms with Crippen molar-refractivity contribution in [1.82, 2.24) is 0 Å². The van der Waals surface area contributed by atoms with E-state index in [-0.39, 0.29) is 30.8 Å². The van der Waals surface area contributed by atoms with Crippen LogP contribution in [0.25, 0.3) is 0 Å². The molecular formula is C16H29BO2P. The van der Waals surface area contributed by atoms with Gasteiger partial charge in [0.25, 0.3) is 0 Å². The largest absolute Gasteiger partial charge is 0.459 e. The summed E-state index contributed by atoms with van der Waals surface area (Å²) < 4.78 is 5.96. The Hall–Kier alpha value is -0.0351. The minimum atomic E-state index is -0.723. The second-order valence-corrected chi connectivity index (χ2v) is 11.0. The third-order valence-corrected chi connectivity index (χ3v) is 8.90. The van der Waals surface area contributed by atoms with Crippen LogP contribution in [0.2, 0.25) is 0 Å². The van der Waals surface area contributed by atoms with Gasteiger partial charge in [-0.05, 0) is 42.4 Å². The van der Waals surface area contributed by atoms with Crippen LogP contribution in [0.15, 0.2) is 0 Å². The van der Waals surface area contributed by atoms with Gasteiger partial charge >= 0.3 is 5.71 Å². The first kappa shape index (κ1) is 18.0. The van der Waals surface area contributed by atoms with Gasteiger partial charge in [-0.25, -0.2) is 4.79 Å². The molecule has 0 N–H and O–H groups in total. The van der Waals surface area contributed by atoms with Crippen LogP contribution in [0.1, 0.15) is 60.8 Å². The molecule has 0 aromatic carbocycles. The minimum absolute atomic E-state index is 0. The molecule has 0 aliphatic heterocycles. The van der Waals surface area contributed by atoms with Gasteiger partial charge in [0, 0.05) is 21.7 Å². The number of carbonyl (C=O) groups excluding carboxylic acids is 1. The van der Waals surface area contributed by atoms with Crippen LogP contribution in [0.3, 0.4) is 0 Å².